The van der Waals surface area contributed by atoms with Gasteiger partial charge < -0.3 is 40.1 Å². The molecular formula is C49H72N4O11. The molecule has 0 aliphatic heterocycles. The summed E-state index contributed by atoms with van der Waals surface area (Å²) < 4.78 is 11.5. The monoisotopic (exact) mass is 893 g/mol. The van der Waals surface area contributed by atoms with Crippen LogP contribution < -0.4 is 10.6 Å². The molecular weight excluding hydrogens is 821 g/mol. The highest BCUT2D eigenvalue weighted by Gasteiger charge is 2.36. The van der Waals surface area contributed by atoms with E-state index in [0.29, 0.717) is 38.5 Å². The van der Waals surface area contributed by atoms with E-state index in [0.717, 1.165) is 47.9 Å². The molecule has 4 amide bonds. The van der Waals surface area contributed by atoms with Crippen molar-refractivity contribution in [2.24, 2.45) is 5.92 Å². The van der Waals surface area contributed by atoms with Gasteiger partial charge in [-0.15, -0.1) is 0 Å². The van der Waals surface area contributed by atoms with Crippen LogP contribution in [0.2, 0.25) is 0 Å². The lowest BCUT2D eigenvalue weighted by atomic mass is 10.0. The number of hydrogen-bond acceptors (Lipinski definition) is 9. The summed E-state index contributed by atoms with van der Waals surface area (Å²) in [6, 6.07) is 12.3. The fraction of sp³-hybridized carbons (Fsp3) is 0.612. The van der Waals surface area contributed by atoms with Crippen LogP contribution in [0.25, 0.3) is 11.1 Å². The molecule has 0 bridgehead atoms. The van der Waals surface area contributed by atoms with E-state index in [2.05, 4.69) is 17.6 Å². The lowest BCUT2D eigenvalue weighted by Gasteiger charge is -2.31. The molecule has 4 N–H and O–H groups in total. The summed E-state index contributed by atoms with van der Waals surface area (Å²) >= 11 is 0. The average molecular weight is 893 g/mol. The number of unbranched alkanes of at least 4 members (excludes halogenated alkanes) is 10. The Kier molecular flexibility index (Phi) is 23.4. The van der Waals surface area contributed by atoms with Crippen molar-refractivity contribution in [1.82, 2.24) is 20.4 Å². The highest BCUT2D eigenvalue weighted by atomic mass is 16.6. The Morgan fingerprint density at radius 2 is 1.16 bits per heavy atom. The number of nitrogens with one attached hydrogen (secondary N) is 2. The maximum Gasteiger partial charge on any atom is 0.408 e. The number of hydrogen-bond donors (Lipinski definition) is 4. The second kappa shape index (κ2) is 28.3. The summed E-state index contributed by atoms with van der Waals surface area (Å²) in [5.74, 6) is -5.98. The maximum absolute atomic E-state index is 14.2. The quantitative estimate of drug-likeness (QED) is 0.0421. The average Bonchev–Trinajstić information content (AvgIpc) is 3.56. The standard InChI is InChI=1S/C49H72N4O11/c1-6-9-12-13-14-15-16-17-18-23-35(30-42(55)56)63-44(59)33-52(28-10-7-2)41(54)32-53(29-11-8-3)48(61)40(31-43(57)58)50-47(60)45(34(4)5)51-49(62)64-46-38-26-21-19-24-36(38)37-25-20-22-27-39(37)46/h19-22,24-27,34-35,40,45-46H,6-18,23,28-33H2,1-5H3,(H,50,60)(H,51,62)(H,55,56)(H,57,58)/t35?,40-,45-/m0/s1. The summed E-state index contributed by atoms with van der Waals surface area (Å²) in [6.07, 6.45) is 8.75. The van der Waals surface area contributed by atoms with E-state index in [-0.39, 0.29) is 19.5 Å². The van der Waals surface area contributed by atoms with E-state index in [1.54, 1.807) is 13.8 Å². The van der Waals surface area contributed by atoms with Crippen molar-refractivity contribution in [3.05, 3.63) is 59.7 Å². The van der Waals surface area contributed by atoms with Crippen molar-refractivity contribution in [1.29, 1.82) is 0 Å². The predicted molar refractivity (Wildman–Crippen MR) is 243 cm³/mol. The number of alkyl carbamates (subject to hydrolysis) is 1. The Bertz CT molecular complexity index is 1790. The van der Waals surface area contributed by atoms with Gasteiger partial charge in [0.15, 0.2) is 6.10 Å². The molecule has 0 saturated carbocycles. The molecule has 0 fully saturated rings. The first-order valence-corrected chi connectivity index (χ1v) is 23.4. The van der Waals surface area contributed by atoms with Crippen LogP contribution in [0.4, 0.5) is 4.79 Å². The van der Waals surface area contributed by atoms with E-state index >= 15 is 0 Å². The van der Waals surface area contributed by atoms with Crippen LogP contribution in [0.1, 0.15) is 155 Å². The number of carbonyl (C=O) groups excluding carboxylic acids is 5. The zero-order valence-corrected chi connectivity index (χ0v) is 38.6. The Hall–Kier alpha value is -5.47. The molecule has 3 atom stereocenters. The van der Waals surface area contributed by atoms with Gasteiger partial charge in [-0.3, -0.25) is 28.8 Å². The van der Waals surface area contributed by atoms with E-state index in [1.165, 1.54) is 35.5 Å². The number of ether oxygens (including phenoxy) is 2. The second-order valence-electron chi connectivity index (χ2n) is 17.1. The molecule has 15 heteroatoms. The summed E-state index contributed by atoms with van der Waals surface area (Å²) in [7, 11) is 0. The van der Waals surface area contributed by atoms with Gasteiger partial charge in [-0.05, 0) is 42.7 Å². The summed E-state index contributed by atoms with van der Waals surface area (Å²) in [5.41, 5.74) is 3.42. The van der Waals surface area contributed by atoms with Gasteiger partial charge in [0.25, 0.3) is 0 Å². The first-order chi connectivity index (χ1) is 30.7. The van der Waals surface area contributed by atoms with E-state index in [9.17, 15) is 43.8 Å². The molecule has 0 saturated heterocycles. The molecule has 354 valence electrons. The van der Waals surface area contributed by atoms with Crippen molar-refractivity contribution in [2.75, 3.05) is 26.2 Å². The number of fused-ring (bicyclic) bond motifs is 3. The smallest absolute Gasteiger partial charge is 0.408 e. The SMILES string of the molecule is CCCCCCCCCCCC(CC(=O)O)OC(=O)CN(CCCC)C(=O)CN(CCCC)C(=O)[C@H](CC(=O)O)NC(=O)[C@@H](NC(=O)OC1c2ccccc2-c2ccccc21)C(C)C. The zero-order chi connectivity index (χ0) is 47.0. The van der Waals surface area contributed by atoms with Crippen LogP contribution in [0, 0.1) is 5.92 Å². The molecule has 15 nitrogen and oxygen atoms in total. The van der Waals surface area contributed by atoms with Crippen LogP contribution in [-0.4, -0.2) is 106 Å². The Morgan fingerprint density at radius 3 is 1.69 bits per heavy atom. The molecule has 0 heterocycles. The first kappa shape index (κ1) is 52.9. The van der Waals surface area contributed by atoms with Gasteiger partial charge in [0, 0.05) is 24.2 Å². The molecule has 1 aliphatic rings. The Balaban J connectivity index is 1.70. The Morgan fingerprint density at radius 1 is 0.641 bits per heavy atom. The summed E-state index contributed by atoms with van der Waals surface area (Å²) in [5, 5.41) is 24.5. The number of carboxylic acids is 2. The minimum absolute atomic E-state index is 0.0566. The molecule has 0 spiro atoms. The molecule has 64 heavy (non-hydrogen) atoms. The maximum atomic E-state index is 14.2. The third-order valence-electron chi connectivity index (χ3n) is 11.4. The number of rotatable bonds is 31. The second-order valence-corrected chi connectivity index (χ2v) is 17.1. The van der Waals surface area contributed by atoms with Gasteiger partial charge >= 0.3 is 24.0 Å². The van der Waals surface area contributed by atoms with Gasteiger partial charge in [-0.2, -0.15) is 0 Å². The number of esters is 1. The zero-order valence-electron chi connectivity index (χ0n) is 38.6. The van der Waals surface area contributed by atoms with Crippen molar-refractivity contribution in [3.63, 3.8) is 0 Å². The minimum atomic E-state index is -1.60. The molecule has 0 aromatic heterocycles. The van der Waals surface area contributed by atoms with E-state index < -0.39 is 91.4 Å². The topological polar surface area (TPSA) is 209 Å². The predicted octanol–water partition coefficient (Wildman–Crippen LogP) is 8.03. The molecule has 2 aromatic carbocycles. The van der Waals surface area contributed by atoms with E-state index in [4.69, 9.17) is 9.47 Å². The van der Waals surface area contributed by atoms with Crippen LogP contribution in [0.15, 0.2) is 48.5 Å². The molecule has 1 unspecified atom stereocenters. The number of carboxylic acid groups (broad SMARTS) is 2. The highest BCUT2D eigenvalue weighted by Crippen LogP contribution is 2.45. The fourth-order valence-electron chi connectivity index (χ4n) is 7.88. The van der Waals surface area contributed by atoms with Crippen molar-refractivity contribution < 1.29 is 53.2 Å². The number of nitrogens with zero attached hydrogens (tertiary/aromatic N) is 2. The normalized spacial score (nSPS) is 13.2. The molecule has 3 rings (SSSR count). The highest BCUT2D eigenvalue weighted by molar-refractivity contribution is 5.95. The number of carbonyl (C=O) groups is 7. The van der Waals surface area contributed by atoms with Gasteiger partial charge in [0.2, 0.25) is 17.7 Å². The summed E-state index contributed by atoms with van der Waals surface area (Å²) in [4.78, 5) is 94.9. The Labute approximate surface area is 379 Å². The van der Waals surface area contributed by atoms with Crippen LogP contribution in [-0.2, 0) is 38.2 Å². The van der Waals surface area contributed by atoms with Crippen LogP contribution in [0.5, 0.6) is 0 Å². The minimum Gasteiger partial charge on any atom is -0.481 e. The number of amides is 4. The van der Waals surface area contributed by atoms with Crippen LogP contribution >= 0.6 is 0 Å². The van der Waals surface area contributed by atoms with Gasteiger partial charge in [-0.1, -0.05) is 147 Å². The first-order valence-electron chi connectivity index (χ1n) is 23.4. The third-order valence-corrected chi connectivity index (χ3v) is 11.4. The van der Waals surface area contributed by atoms with Crippen molar-refractivity contribution in [2.45, 2.75) is 162 Å². The summed E-state index contributed by atoms with van der Waals surface area (Å²) in [6.45, 7) is 8.58. The van der Waals surface area contributed by atoms with Crippen LogP contribution in [0.3, 0.4) is 0 Å². The fourth-order valence-corrected chi connectivity index (χ4v) is 7.88. The van der Waals surface area contributed by atoms with Crippen molar-refractivity contribution in [3.8, 4) is 11.1 Å². The van der Waals surface area contributed by atoms with Crippen molar-refractivity contribution >= 4 is 41.7 Å². The number of aliphatic carboxylic acids is 2. The van der Waals surface area contributed by atoms with Gasteiger partial charge in [0.1, 0.15) is 24.7 Å². The lowest BCUT2D eigenvalue weighted by Crippen LogP contribution is -2.57. The largest absolute Gasteiger partial charge is 0.481 e. The molecule has 1 aliphatic carbocycles. The molecule has 0 radical (unpaired) electrons. The molecule has 2 aromatic rings. The number of benzene rings is 2. The lowest BCUT2D eigenvalue weighted by molar-refractivity contribution is -0.157. The van der Waals surface area contributed by atoms with Gasteiger partial charge in [-0.25, -0.2) is 4.79 Å². The third kappa shape index (κ3) is 17.6. The van der Waals surface area contributed by atoms with Gasteiger partial charge in [0.05, 0.1) is 19.4 Å². The van der Waals surface area contributed by atoms with E-state index in [1.807, 2.05) is 62.4 Å².